The number of benzene rings is 4. The first-order valence-corrected chi connectivity index (χ1v) is 24.0. The topological polar surface area (TPSA) is 188 Å². The number of alkyl halides is 1. The zero-order chi connectivity index (χ0) is 45.4. The van der Waals surface area contributed by atoms with Crippen LogP contribution < -0.4 is 15.2 Å². The average Bonchev–Trinajstić information content (AvgIpc) is 3.24. The van der Waals surface area contributed by atoms with Gasteiger partial charge in [-0.1, -0.05) is 53.2 Å². The molecule has 11 nitrogen and oxygen atoms in total. The Bertz CT molecular complexity index is 2710. The molecule has 2 aliphatic carbocycles. The molecule has 0 aromatic heterocycles. The molecule has 0 unspecified atom stereocenters. The lowest BCUT2D eigenvalue weighted by Gasteiger charge is -2.49. The fraction of sp³-hybridized carbons (Fsp3) is 0.349. The van der Waals surface area contributed by atoms with Gasteiger partial charge in [-0.25, -0.2) is 34.4 Å². The van der Waals surface area contributed by atoms with Crippen molar-refractivity contribution in [3.63, 3.8) is 0 Å². The number of carbonyl (C=O) groups is 3. The third-order valence-corrected chi connectivity index (χ3v) is 17.6. The molecule has 4 aliphatic rings. The van der Waals surface area contributed by atoms with Crippen LogP contribution in [0.5, 0.6) is 11.5 Å². The molecular formula is C43H39Cl2F4IN2O9S2. The van der Waals surface area contributed by atoms with E-state index >= 15 is 4.39 Å². The quantitative estimate of drug-likeness (QED) is 0.111. The van der Waals surface area contributed by atoms with Crippen molar-refractivity contribution in [1.29, 1.82) is 5.26 Å². The molecule has 2 aliphatic heterocycles. The van der Waals surface area contributed by atoms with Gasteiger partial charge in [0.25, 0.3) is 0 Å². The van der Waals surface area contributed by atoms with E-state index in [1.807, 2.05) is 28.7 Å². The van der Waals surface area contributed by atoms with Crippen LogP contribution in [-0.4, -0.2) is 52.0 Å². The van der Waals surface area contributed by atoms with E-state index in [0.29, 0.717) is 14.5 Å². The highest BCUT2D eigenvalue weighted by atomic mass is 127. The van der Waals surface area contributed by atoms with E-state index in [9.17, 15) is 44.4 Å². The SMILES string of the molecule is C.N#CCI.NC(=O)C[C@@H]1C(=O)CC[C@@]2(S(=O)(=O)c3ccc(Cl)cc3)c3c(F)ccc(F)c3OC[C@@H]12.O=C1CC[C@@]2(S(=O)(=O)c3ccc(Cl)cc3)c3c(F)ccc(F)c3OC[C@H]2C1. The van der Waals surface area contributed by atoms with Crippen LogP contribution in [0.25, 0.3) is 0 Å². The van der Waals surface area contributed by atoms with Gasteiger partial charge in [0.1, 0.15) is 32.7 Å². The molecule has 2 fully saturated rings. The summed E-state index contributed by atoms with van der Waals surface area (Å²) in [5.41, 5.74) is 4.53. The minimum Gasteiger partial charge on any atom is -0.490 e. The Labute approximate surface area is 385 Å². The van der Waals surface area contributed by atoms with Gasteiger partial charge in [-0.05, 0) is 85.6 Å². The number of hydrogen-bond donors (Lipinski definition) is 1. The number of ether oxygens (including phenoxy) is 2. The van der Waals surface area contributed by atoms with Crippen LogP contribution in [0.2, 0.25) is 10.0 Å². The van der Waals surface area contributed by atoms with Gasteiger partial charge >= 0.3 is 0 Å². The number of carbonyl (C=O) groups excluding carboxylic acids is 3. The van der Waals surface area contributed by atoms with Crippen LogP contribution in [0.3, 0.4) is 0 Å². The fourth-order valence-corrected chi connectivity index (χ4v) is 13.9. The van der Waals surface area contributed by atoms with Gasteiger partial charge in [-0.2, -0.15) is 5.26 Å². The van der Waals surface area contributed by atoms with E-state index in [0.717, 1.165) is 24.3 Å². The van der Waals surface area contributed by atoms with Crippen molar-refractivity contribution in [3.8, 4) is 17.6 Å². The number of sulfone groups is 2. The summed E-state index contributed by atoms with van der Waals surface area (Å²) in [7, 11) is -8.57. The molecule has 0 radical (unpaired) electrons. The van der Waals surface area contributed by atoms with Crippen molar-refractivity contribution < 1.29 is 58.3 Å². The number of amides is 1. The van der Waals surface area contributed by atoms with Crippen LogP contribution in [-0.2, 0) is 43.6 Å². The first kappa shape index (κ1) is 49.7. The Morgan fingerprint density at radius 1 is 0.746 bits per heavy atom. The Morgan fingerprint density at radius 2 is 1.17 bits per heavy atom. The van der Waals surface area contributed by atoms with Gasteiger partial charge < -0.3 is 15.2 Å². The molecule has 336 valence electrons. The highest BCUT2D eigenvalue weighted by Gasteiger charge is 2.63. The minimum absolute atomic E-state index is 0. The van der Waals surface area contributed by atoms with Gasteiger partial charge in [-0.3, -0.25) is 14.4 Å². The van der Waals surface area contributed by atoms with E-state index in [-0.39, 0.29) is 79.7 Å². The Balaban J connectivity index is 0.000000217. The molecule has 63 heavy (non-hydrogen) atoms. The number of hydrogen-bond acceptors (Lipinski definition) is 10. The van der Waals surface area contributed by atoms with Crippen LogP contribution in [0.4, 0.5) is 17.6 Å². The molecule has 0 bridgehead atoms. The minimum atomic E-state index is -4.39. The van der Waals surface area contributed by atoms with Crippen LogP contribution in [0, 0.1) is 52.4 Å². The lowest BCUT2D eigenvalue weighted by atomic mass is 9.66. The summed E-state index contributed by atoms with van der Waals surface area (Å²) in [6.07, 6.45) is -1.17. The van der Waals surface area contributed by atoms with E-state index in [4.69, 9.17) is 43.7 Å². The maximum Gasteiger partial charge on any atom is 0.218 e. The molecule has 0 spiro atoms. The molecular weight excluding hydrogens is 1030 g/mol. The average molecular weight is 1070 g/mol. The van der Waals surface area contributed by atoms with Crippen LogP contribution >= 0.6 is 45.8 Å². The van der Waals surface area contributed by atoms with Crippen LogP contribution in [0.1, 0.15) is 57.1 Å². The molecule has 20 heteroatoms. The summed E-state index contributed by atoms with van der Waals surface area (Å²) in [5, 5.41) is 8.27. The third kappa shape index (κ3) is 8.79. The number of nitrogens with two attached hydrogens (primary N) is 1. The summed E-state index contributed by atoms with van der Waals surface area (Å²) >= 11 is 13.7. The highest BCUT2D eigenvalue weighted by molar-refractivity contribution is 14.1. The van der Waals surface area contributed by atoms with Gasteiger partial charge in [0.2, 0.25) is 5.91 Å². The number of nitrogens with zero attached hydrogens (tertiary/aromatic N) is 1. The molecule has 2 heterocycles. The predicted molar refractivity (Wildman–Crippen MR) is 233 cm³/mol. The zero-order valence-electron chi connectivity index (χ0n) is 32.2. The Morgan fingerprint density at radius 3 is 1.65 bits per heavy atom. The molecule has 5 atom stereocenters. The van der Waals surface area contributed by atoms with Crippen molar-refractivity contribution in [3.05, 3.63) is 117 Å². The fourth-order valence-electron chi connectivity index (χ4n) is 8.96. The second-order valence-corrected chi connectivity index (χ2v) is 20.9. The zero-order valence-corrected chi connectivity index (χ0v) is 37.5. The summed E-state index contributed by atoms with van der Waals surface area (Å²) < 4.78 is 122. The summed E-state index contributed by atoms with van der Waals surface area (Å²) in [6.45, 7) is -0.560. The van der Waals surface area contributed by atoms with Crippen molar-refractivity contribution >= 4 is 82.9 Å². The Kier molecular flexibility index (Phi) is 15.3. The first-order chi connectivity index (χ1) is 29.3. The standard InChI is InChI=1S/C21H18ClF2NO5S.C19H15ClF2O4S.C2H2IN.CH4/c22-11-1-3-12(4-2-11)31(28,29)21-8-7-17(26)13(9-18(25)27)14(21)10-30-20-16(24)6-5-15(23)19(20)21;20-12-1-3-14(4-2-12)27(24,25)19-8-7-13(23)9-11(19)10-26-18-16(22)6-5-15(21)17(18)19;3-1-2-4;/h1-6,13-14H,7-10H2,(H2,25,27);1-6,11H,7-10H2;1H2;1H4/t13-,14-,21-;11-,19+;;/m01../s1. The monoisotopic (exact) mass is 1060 g/mol. The molecule has 2 N–H and O–H groups in total. The van der Waals surface area contributed by atoms with Crippen LogP contribution in [0.15, 0.2) is 82.6 Å². The van der Waals surface area contributed by atoms with E-state index < -0.39 is 99.6 Å². The molecule has 0 saturated heterocycles. The normalized spacial score (nSPS) is 23.4. The van der Waals surface area contributed by atoms with E-state index in [1.165, 1.54) is 48.5 Å². The second kappa shape index (κ2) is 19.4. The first-order valence-electron chi connectivity index (χ1n) is 18.8. The van der Waals surface area contributed by atoms with Gasteiger partial charge in [-0.15, -0.1) is 0 Å². The van der Waals surface area contributed by atoms with Gasteiger partial charge in [0.05, 0.1) is 44.6 Å². The Hall–Kier alpha value is -4.29. The van der Waals surface area contributed by atoms with Crippen molar-refractivity contribution in [2.24, 2.45) is 23.5 Å². The number of rotatable bonds is 6. The summed E-state index contributed by atoms with van der Waals surface area (Å²) in [4.78, 5) is 36.1. The summed E-state index contributed by atoms with van der Waals surface area (Å²) in [5.74, 6) is -8.79. The maximum atomic E-state index is 15.2. The number of ketones is 2. The number of Topliss-reactive ketones (excluding diaryl/α,β-unsaturated/α-hetero) is 2. The number of nitriles is 1. The molecule has 2 saturated carbocycles. The lowest BCUT2D eigenvalue weighted by Crippen LogP contribution is -2.56. The van der Waals surface area contributed by atoms with Crippen molar-refractivity contribution in [2.45, 2.75) is 65.2 Å². The molecule has 4 aromatic rings. The predicted octanol–water partition coefficient (Wildman–Crippen LogP) is 8.78. The molecule has 1 amide bonds. The molecule has 4 aromatic carbocycles. The molecule has 8 rings (SSSR count). The number of halogens is 7. The smallest absolute Gasteiger partial charge is 0.218 e. The van der Waals surface area contributed by atoms with Crippen molar-refractivity contribution in [1.82, 2.24) is 0 Å². The third-order valence-electron chi connectivity index (χ3n) is 11.6. The highest BCUT2D eigenvalue weighted by Crippen LogP contribution is 2.59. The maximum absolute atomic E-state index is 15.2. The second-order valence-electron chi connectivity index (χ2n) is 14.9. The van der Waals surface area contributed by atoms with Gasteiger partial charge in [0, 0.05) is 53.5 Å². The van der Waals surface area contributed by atoms with E-state index in [2.05, 4.69) is 0 Å². The largest absolute Gasteiger partial charge is 0.490 e. The number of primary amides is 1. The number of fused-ring (bicyclic) bond motifs is 6. The van der Waals surface area contributed by atoms with E-state index in [1.54, 1.807) is 0 Å². The lowest BCUT2D eigenvalue weighted by molar-refractivity contribution is -0.133. The van der Waals surface area contributed by atoms with Crippen molar-refractivity contribution in [2.75, 3.05) is 17.6 Å². The van der Waals surface area contributed by atoms with Gasteiger partial charge in [0.15, 0.2) is 42.8 Å². The summed E-state index contributed by atoms with van der Waals surface area (Å²) in [6, 6.07) is 16.2.